The van der Waals surface area contributed by atoms with Gasteiger partial charge in [-0.25, -0.2) is 9.67 Å². The zero-order chi connectivity index (χ0) is 14.7. The van der Waals surface area contributed by atoms with Crippen molar-refractivity contribution in [2.24, 2.45) is 0 Å². The summed E-state index contributed by atoms with van der Waals surface area (Å²) < 4.78 is 1.61. The molecule has 104 valence electrons. The molecule has 1 amide bonds. The highest BCUT2D eigenvalue weighted by atomic mass is 16.3. The topological polar surface area (TPSA) is 80.0 Å². The second-order valence-electron chi connectivity index (χ2n) is 4.36. The van der Waals surface area contributed by atoms with E-state index in [1.165, 1.54) is 18.3 Å². The van der Waals surface area contributed by atoms with Crippen LogP contribution in [0.3, 0.4) is 0 Å². The fourth-order valence-corrected chi connectivity index (χ4v) is 1.85. The van der Waals surface area contributed by atoms with Gasteiger partial charge in [0.2, 0.25) is 0 Å². The zero-order valence-corrected chi connectivity index (χ0v) is 11.0. The minimum Gasteiger partial charge on any atom is -0.508 e. The van der Waals surface area contributed by atoms with Gasteiger partial charge in [-0.2, -0.15) is 5.10 Å². The summed E-state index contributed by atoms with van der Waals surface area (Å²) >= 11 is 0. The number of phenols is 1. The average Bonchev–Trinajstić information content (AvgIpc) is 3.01. The molecular weight excluding hydrogens is 268 g/mol. The van der Waals surface area contributed by atoms with E-state index in [1.54, 1.807) is 47.4 Å². The van der Waals surface area contributed by atoms with Gasteiger partial charge in [0.25, 0.3) is 5.91 Å². The van der Waals surface area contributed by atoms with Crippen molar-refractivity contribution in [2.45, 2.75) is 0 Å². The van der Waals surface area contributed by atoms with Crippen molar-refractivity contribution >= 4 is 11.6 Å². The van der Waals surface area contributed by atoms with Crippen LogP contribution in [0.25, 0.3) is 5.82 Å². The smallest absolute Gasteiger partial charge is 0.257 e. The number of benzene rings is 1. The lowest BCUT2D eigenvalue weighted by Gasteiger charge is -2.06. The molecule has 1 aromatic carbocycles. The number of nitrogens with zero attached hydrogens (tertiary/aromatic N) is 3. The van der Waals surface area contributed by atoms with Crippen LogP contribution in [0.1, 0.15) is 10.4 Å². The Morgan fingerprint density at radius 1 is 1.19 bits per heavy atom. The van der Waals surface area contributed by atoms with Gasteiger partial charge >= 0.3 is 0 Å². The summed E-state index contributed by atoms with van der Waals surface area (Å²) in [6.07, 6.45) is 4.91. The number of pyridine rings is 1. The molecule has 0 spiro atoms. The number of hydrogen-bond acceptors (Lipinski definition) is 4. The molecule has 0 atom stereocenters. The molecule has 0 aliphatic carbocycles. The Hall–Kier alpha value is -3.15. The maximum absolute atomic E-state index is 12.1. The molecule has 0 fully saturated rings. The molecule has 2 N–H and O–H groups in total. The van der Waals surface area contributed by atoms with E-state index in [4.69, 9.17) is 0 Å². The van der Waals surface area contributed by atoms with E-state index in [0.717, 1.165) is 0 Å². The van der Waals surface area contributed by atoms with Gasteiger partial charge in [-0.05, 0) is 30.3 Å². The third-order valence-electron chi connectivity index (χ3n) is 2.85. The minimum absolute atomic E-state index is 0.0972. The first kappa shape index (κ1) is 12.9. The van der Waals surface area contributed by atoms with Gasteiger partial charge in [0.15, 0.2) is 5.82 Å². The standard InChI is InChI=1S/C15H12N4O2/c20-13-4-1-3-12(9-13)18-15(21)11-5-6-14(16-10-11)19-8-2-7-17-19/h1-10,20H,(H,18,21). The van der Waals surface area contributed by atoms with E-state index in [0.29, 0.717) is 17.1 Å². The largest absolute Gasteiger partial charge is 0.508 e. The van der Waals surface area contributed by atoms with Gasteiger partial charge in [-0.3, -0.25) is 4.79 Å². The van der Waals surface area contributed by atoms with Crippen LogP contribution in [-0.2, 0) is 0 Å². The Labute approximate surface area is 120 Å². The van der Waals surface area contributed by atoms with Crippen molar-refractivity contribution in [3.05, 3.63) is 66.6 Å². The van der Waals surface area contributed by atoms with Crippen LogP contribution >= 0.6 is 0 Å². The Kier molecular flexibility index (Phi) is 3.34. The first-order valence-electron chi connectivity index (χ1n) is 6.29. The number of anilines is 1. The molecule has 0 unspecified atom stereocenters. The zero-order valence-electron chi connectivity index (χ0n) is 11.0. The van der Waals surface area contributed by atoms with E-state index >= 15 is 0 Å². The Balaban J connectivity index is 1.76. The summed E-state index contributed by atoms with van der Waals surface area (Å²) in [6.45, 7) is 0. The van der Waals surface area contributed by atoms with E-state index in [2.05, 4.69) is 15.4 Å². The number of hydrogen-bond donors (Lipinski definition) is 2. The summed E-state index contributed by atoms with van der Waals surface area (Å²) in [5.74, 6) is 0.439. The molecular formula is C15H12N4O2. The van der Waals surface area contributed by atoms with Crippen molar-refractivity contribution in [2.75, 3.05) is 5.32 Å². The van der Waals surface area contributed by atoms with E-state index < -0.39 is 0 Å². The molecule has 0 radical (unpaired) electrons. The normalized spacial score (nSPS) is 10.3. The highest BCUT2D eigenvalue weighted by molar-refractivity contribution is 6.04. The summed E-state index contributed by atoms with van der Waals surface area (Å²) in [6, 6.07) is 11.5. The fourth-order valence-electron chi connectivity index (χ4n) is 1.85. The maximum Gasteiger partial charge on any atom is 0.257 e. The number of nitrogens with one attached hydrogen (secondary N) is 1. The molecule has 0 saturated heterocycles. The number of amides is 1. The highest BCUT2D eigenvalue weighted by Crippen LogP contribution is 2.16. The first-order valence-corrected chi connectivity index (χ1v) is 6.29. The monoisotopic (exact) mass is 280 g/mol. The summed E-state index contributed by atoms with van der Waals surface area (Å²) in [7, 11) is 0. The number of carbonyl (C=O) groups excluding carboxylic acids is 1. The lowest BCUT2D eigenvalue weighted by Crippen LogP contribution is -2.12. The molecule has 3 aromatic rings. The van der Waals surface area contributed by atoms with E-state index in [9.17, 15) is 9.90 Å². The number of phenolic OH excluding ortho intramolecular Hbond substituents is 1. The van der Waals surface area contributed by atoms with Crippen molar-refractivity contribution < 1.29 is 9.90 Å². The number of rotatable bonds is 3. The lowest BCUT2D eigenvalue weighted by molar-refractivity contribution is 0.102. The van der Waals surface area contributed by atoms with Crippen molar-refractivity contribution in [3.63, 3.8) is 0 Å². The van der Waals surface area contributed by atoms with E-state index in [1.807, 2.05) is 0 Å². The maximum atomic E-state index is 12.1. The molecule has 0 bridgehead atoms. The first-order chi connectivity index (χ1) is 10.2. The molecule has 6 heteroatoms. The predicted molar refractivity (Wildman–Crippen MR) is 77.4 cm³/mol. The molecule has 0 aliphatic rings. The van der Waals surface area contributed by atoms with Crippen molar-refractivity contribution in [1.82, 2.24) is 14.8 Å². The Morgan fingerprint density at radius 3 is 2.76 bits per heavy atom. The third-order valence-corrected chi connectivity index (χ3v) is 2.85. The summed E-state index contributed by atoms with van der Waals surface area (Å²) in [5, 5.41) is 16.1. The molecule has 2 heterocycles. The Bertz CT molecular complexity index is 752. The number of aromatic nitrogens is 3. The minimum atomic E-state index is -0.292. The summed E-state index contributed by atoms with van der Waals surface area (Å²) in [5.41, 5.74) is 0.949. The van der Waals surface area contributed by atoms with Gasteiger partial charge in [0.1, 0.15) is 5.75 Å². The van der Waals surface area contributed by atoms with Crippen LogP contribution in [0.2, 0.25) is 0 Å². The summed E-state index contributed by atoms with van der Waals surface area (Å²) in [4.78, 5) is 16.3. The van der Waals surface area contributed by atoms with Gasteiger partial charge in [0, 0.05) is 30.3 Å². The molecule has 21 heavy (non-hydrogen) atoms. The SMILES string of the molecule is O=C(Nc1cccc(O)c1)c1ccc(-n2cccn2)nc1. The average molecular weight is 280 g/mol. The number of carbonyl (C=O) groups is 1. The van der Waals surface area contributed by atoms with Gasteiger partial charge < -0.3 is 10.4 Å². The third kappa shape index (κ3) is 2.89. The van der Waals surface area contributed by atoms with Crippen molar-refractivity contribution in [3.8, 4) is 11.6 Å². The molecule has 3 rings (SSSR count). The van der Waals surface area contributed by atoms with Crippen LogP contribution in [-0.4, -0.2) is 25.8 Å². The Morgan fingerprint density at radius 2 is 2.10 bits per heavy atom. The fraction of sp³-hybridized carbons (Fsp3) is 0. The van der Waals surface area contributed by atoms with Crippen molar-refractivity contribution in [1.29, 1.82) is 0 Å². The quantitative estimate of drug-likeness (QED) is 0.771. The van der Waals surface area contributed by atoms with Crippen LogP contribution in [0, 0.1) is 0 Å². The van der Waals surface area contributed by atoms with Crippen LogP contribution < -0.4 is 5.32 Å². The molecule has 2 aromatic heterocycles. The van der Waals surface area contributed by atoms with Gasteiger partial charge in [-0.15, -0.1) is 0 Å². The van der Waals surface area contributed by atoms with Crippen LogP contribution in [0.5, 0.6) is 5.75 Å². The van der Waals surface area contributed by atoms with E-state index in [-0.39, 0.29) is 11.7 Å². The predicted octanol–water partition coefficient (Wildman–Crippen LogP) is 2.23. The number of aromatic hydroxyl groups is 1. The highest BCUT2D eigenvalue weighted by Gasteiger charge is 2.07. The molecule has 6 nitrogen and oxygen atoms in total. The molecule has 0 aliphatic heterocycles. The molecule has 0 saturated carbocycles. The van der Waals surface area contributed by atoms with Gasteiger partial charge in [0.05, 0.1) is 5.56 Å². The van der Waals surface area contributed by atoms with Gasteiger partial charge in [-0.1, -0.05) is 6.07 Å². The second-order valence-corrected chi connectivity index (χ2v) is 4.36. The second kappa shape index (κ2) is 5.46. The lowest BCUT2D eigenvalue weighted by atomic mass is 10.2. The van der Waals surface area contributed by atoms with Crippen LogP contribution in [0.15, 0.2) is 61.1 Å². The van der Waals surface area contributed by atoms with Crippen LogP contribution in [0.4, 0.5) is 5.69 Å².